The molecule has 0 radical (unpaired) electrons. The lowest BCUT2D eigenvalue weighted by Crippen LogP contribution is -2.05. The molecule has 0 spiro atoms. The van der Waals surface area contributed by atoms with Gasteiger partial charge >= 0.3 is 5.97 Å². The number of carbonyl (C=O) groups is 2. The number of carboxylic acid groups (broad SMARTS) is 1. The van der Waals surface area contributed by atoms with Crippen molar-refractivity contribution in [2.75, 3.05) is 0 Å². The topological polar surface area (TPSA) is 83.8 Å². The summed E-state index contributed by atoms with van der Waals surface area (Å²) >= 11 is 2.09. The molecular formula is C19H19IO5. The van der Waals surface area contributed by atoms with Gasteiger partial charge in [0.15, 0.2) is 5.78 Å². The number of aromatic hydroxyl groups is 1. The van der Waals surface area contributed by atoms with Crippen molar-refractivity contribution in [3.63, 3.8) is 0 Å². The number of rotatable bonds is 7. The Morgan fingerprint density at radius 1 is 1.20 bits per heavy atom. The van der Waals surface area contributed by atoms with Crippen LogP contribution in [0.4, 0.5) is 0 Å². The Balaban J connectivity index is 2.30. The average molecular weight is 454 g/mol. The molecule has 2 aromatic carbocycles. The SMILES string of the molecule is CCCc1c(O)c(C(C)=O)cc(I)c1OCc1ccc(C(=O)O)cc1. The number of hydrogen-bond acceptors (Lipinski definition) is 4. The van der Waals surface area contributed by atoms with Crippen LogP contribution in [0.15, 0.2) is 30.3 Å². The maximum absolute atomic E-state index is 11.7. The van der Waals surface area contributed by atoms with Gasteiger partial charge in [-0.05, 0) is 59.7 Å². The zero-order valence-electron chi connectivity index (χ0n) is 14.0. The highest BCUT2D eigenvalue weighted by molar-refractivity contribution is 14.1. The molecule has 0 saturated heterocycles. The molecule has 0 aliphatic rings. The van der Waals surface area contributed by atoms with Crippen LogP contribution in [0.25, 0.3) is 0 Å². The number of carboxylic acids is 1. The summed E-state index contributed by atoms with van der Waals surface area (Å²) in [4.78, 5) is 22.6. The van der Waals surface area contributed by atoms with E-state index < -0.39 is 5.97 Å². The van der Waals surface area contributed by atoms with E-state index in [0.717, 1.165) is 15.6 Å². The molecule has 2 aromatic rings. The molecule has 0 fully saturated rings. The van der Waals surface area contributed by atoms with Gasteiger partial charge in [-0.3, -0.25) is 4.79 Å². The number of ketones is 1. The summed E-state index contributed by atoms with van der Waals surface area (Å²) in [5.41, 5.74) is 1.96. The quantitative estimate of drug-likeness (QED) is 0.478. The van der Waals surface area contributed by atoms with Gasteiger partial charge in [0.25, 0.3) is 0 Å². The lowest BCUT2D eigenvalue weighted by Gasteiger charge is -2.17. The third kappa shape index (κ3) is 4.50. The molecule has 0 aliphatic carbocycles. The number of aromatic carboxylic acids is 1. The van der Waals surface area contributed by atoms with E-state index in [4.69, 9.17) is 9.84 Å². The van der Waals surface area contributed by atoms with Crippen molar-refractivity contribution in [3.8, 4) is 11.5 Å². The number of carbonyl (C=O) groups excluding carboxylic acids is 1. The Bertz CT molecular complexity index is 796. The predicted molar refractivity (Wildman–Crippen MR) is 103 cm³/mol. The Kier molecular flexibility index (Phi) is 6.41. The van der Waals surface area contributed by atoms with Crippen LogP contribution in [0.3, 0.4) is 0 Å². The van der Waals surface area contributed by atoms with Crippen LogP contribution in [0.1, 0.15) is 52.1 Å². The average Bonchev–Trinajstić information content (AvgIpc) is 2.57. The first-order valence-electron chi connectivity index (χ1n) is 7.85. The van der Waals surface area contributed by atoms with E-state index in [2.05, 4.69) is 22.6 Å². The second kappa shape index (κ2) is 8.33. The van der Waals surface area contributed by atoms with Gasteiger partial charge in [0.2, 0.25) is 0 Å². The van der Waals surface area contributed by atoms with E-state index in [-0.39, 0.29) is 23.7 Å². The van der Waals surface area contributed by atoms with Crippen LogP contribution < -0.4 is 4.74 Å². The molecule has 2 N–H and O–H groups in total. The number of ether oxygens (including phenoxy) is 1. The fourth-order valence-corrected chi connectivity index (χ4v) is 3.27. The zero-order chi connectivity index (χ0) is 18.6. The molecule has 0 atom stereocenters. The van der Waals surface area contributed by atoms with E-state index in [1.165, 1.54) is 19.1 Å². The van der Waals surface area contributed by atoms with Crippen LogP contribution in [-0.4, -0.2) is 22.0 Å². The van der Waals surface area contributed by atoms with Crippen molar-refractivity contribution in [1.29, 1.82) is 0 Å². The summed E-state index contributed by atoms with van der Waals surface area (Å²) in [7, 11) is 0. The highest BCUT2D eigenvalue weighted by Gasteiger charge is 2.19. The summed E-state index contributed by atoms with van der Waals surface area (Å²) in [6.45, 7) is 3.65. The minimum atomic E-state index is -0.975. The Morgan fingerprint density at radius 3 is 2.36 bits per heavy atom. The molecule has 0 aliphatic heterocycles. The molecule has 5 nitrogen and oxygen atoms in total. The molecule has 2 rings (SSSR count). The predicted octanol–water partition coefficient (Wildman–Crippen LogP) is 4.43. The van der Waals surface area contributed by atoms with Crippen LogP contribution in [0.5, 0.6) is 11.5 Å². The van der Waals surface area contributed by atoms with E-state index in [9.17, 15) is 14.7 Å². The maximum Gasteiger partial charge on any atom is 0.335 e. The first-order valence-corrected chi connectivity index (χ1v) is 8.93. The molecule has 0 saturated carbocycles. The standard InChI is InChI=1S/C19H19IO5/c1-3-4-14-17(22)15(11(2)21)9-16(20)18(14)25-10-12-5-7-13(8-6-12)19(23)24/h5-9,22H,3-4,10H2,1-2H3,(H,23,24). The van der Waals surface area contributed by atoms with Gasteiger partial charge in [-0.15, -0.1) is 0 Å². The summed E-state index contributed by atoms with van der Waals surface area (Å²) < 4.78 is 6.65. The van der Waals surface area contributed by atoms with E-state index in [0.29, 0.717) is 23.3 Å². The summed E-state index contributed by atoms with van der Waals surface area (Å²) in [6.07, 6.45) is 1.39. The van der Waals surface area contributed by atoms with Gasteiger partial charge in [-0.2, -0.15) is 0 Å². The third-order valence-corrected chi connectivity index (χ3v) is 4.57. The van der Waals surface area contributed by atoms with Crippen molar-refractivity contribution in [1.82, 2.24) is 0 Å². The third-order valence-electron chi connectivity index (χ3n) is 3.77. The lowest BCUT2D eigenvalue weighted by molar-refractivity contribution is 0.0696. The monoisotopic (exact) mass is 454 g/mol. The van der Waals surface area contributed by atoms with Crippen molar-refractivity contribution in [2.24, 2.45) is 0 Å². The van der Waals surface area contributed by atoms with Crippen molar-refractivity contribution < 1.29 is 24.5 Å². The maximum atomic E-state index is 11.7. The van der Waals surface area contributed by atoms with Crippen molar-refractivity contribution in [2.45, 2.75) is 33.3 Å². The highest BCUT2D eigenvalue weighted by Crippen LogP contribution is 2.37. The molecule has 132 valence electrons. The number of halogens is 1. The zero-order valence-corrected chi connectivity index (χ0v) is 16.2. The minimum absolute atomic E-state index is 0.0222. The highest BCUT2D eigenvalue weighted by atomic mass is 127. The van der Waals surface area contributed by atoms with Crippen LogP contribution in [0.2, 0.25) is 0 Å². The summed E-state index contributed by atoms with van der Waals surface area (Å²) in [6, 6.07) is 8.06. The van der Waals surface area contributed by atoms with Gasteiger partial charge in [0.05, 0.1) is 14.7 Å². The normalized spacial score (nSPS) is 10.5. The largest absolute Gasteiger partial charge is 0.507 e. The lowest BCUT2D eigenvalue weighted by atomic mass is 10.0. The number of hydrogen-bond donors (Lipinski definition) is 2. The molecule has 0 aromatic heterocycles. The first kappa shape index (κ1) is 19.2. The first-order chi connectivity index (χ1) is 11.8. The molecule has 6 heteroatoms. The van der Waals surface area contributed by atoms with Crippen LogP contribution in [-0.2, 0) is 13.0 Å². The van der Waals surface area contributed by atoms with E-state index >= 15 is 0 Å². The Labute approximate surface area is 159 Å². The molecular weight excluding hydrogens is 435 g/mol. The Hall–Kier alpha value is -2.09. The van der Waals surface area contributed by atoms with Crippen LogP contribution in [0, 0.1) is 3.57 Å². The number of benzene rings is 2. The van der Waals surface area contributed by atoms with E-state index in [1.807, 2.05) is 6.92 Å². The van der Waals surface area contributed by atoms with Gasteiger partial charge in [-0.25, -0.2) is 4.79 Å². The smallest absolute Gasteiger partial charge is 0.335 e. The van der Waals surface area contributed by atoms with Gasteiger partial charge in [0, 0.05) is 5.56 Å². The van der Waals surface area contributed by atoms with Gasteiger partial charge in [-0.1, -0.05) is 25.5 Å². The molecule has 0 bridgehead atoms. The van der Waals surface area contributed by atoms with Crippen LogP contribution >= 0.6 is 22.6 Å². The van der Waals surface area contributed by atoms with E-state index in [1.54, 1.807) is 18.2 Å². The number of phenolic OH excluding ortho intramolecular Hbond substituents is 1. The Morgan fingerprint density at radius 2 is 1.84 bits per heavy atom. The summed E-state index contributed by atoms with van der Waals surface area (Å²) in [5, 5.41) is 19.4. The number of Topliss-reactive ketones (excluding diaryl/α,β-unsaturated/α-hetero) is 1. The second-order valence-corrected chi connectivity index (χ2v) is 6.82. The minimum Gasteiger partial charge on any atom is -0.507 e. The van der Waals surface area contributed by atoms with Gasteiger partial charge < -0.3 is 14.9 Å². The second-order valence-electron chi connectivity index (χ2n) is 5.66. The molecule has 0 heterocycles. The molecule has 0 unspecified atom stereocenters. The fraction of sp³-hybridized carbons (Fsp3) is 0.263. The van der Waals surface area contributed by atoms with Crippen molar-refractivity contribution in [3.05, 3.63) is 56.2 Å². The summed E-state index contributed by atoms with van der Waals surface area (Å²) in [5.74, 6) is -0.626. The fourth-order valence-electron chi connectivity index (χ4n) is 2.48. The van der Waals surface area contributed by atoms with Gasteiger partial charge in [0.1, 0.15) is 18.1 Å². The molecule has 25 heavy (non-hydrogen) atoms. The van der Waals surface area contributed by atoms with Crippen molar-refractivity contribution >= 4 is 34.3 Å². The molecule has 0 amide bonds. The number of phenols is 1.